The molecule has 0 spiro atoms. The summed E-state index contributed by atoms with van der Waals surface area (Å²) in [6, 6.07) is 10.2. The third kappa shape index (κ3) is 4.91. The molecule has 28 heavy (non-hydrogen) atoms. The quantitative estimate of drug-likeness (QED) is 0.363. The summed E-state index contributed by atoms with van der Waals surface area (Å²) >= 11 is 0. The minimum Gasteiger partial charge on any atom is -0.468 e. The summed E-state index contributed by atoms with van der Waals surface area (Å²) in [5.41, 5.74) is 1.12. The summed E-state index contributed by atoms with van der Waals surface area (Å²) in [6.45, 7) is 3.91. The molecule has 7 nitrogen and oxygen atoms in total. The Balaban J connectivity index is 0.00000225. The highest BCUT2D eigenvalue weighted by Crippen LogP contribution is 2.32. The highest BCUT2D eigenvalue weighted by molar-refractivity contribution is 14.0. The van der Waals surface area contributed by atoms with Gasteiger partial charge in [-0.1, -0.05) is 6.07 Å². The van der Waals surface area contributed by atoms with Gasteiger partial charge in [0.2, 0.25) is 6.79 Å². The summed E-state index contributed by atoms with van der Waals surface area (Å²) in [7, 11) is 1.78. The SMILES string of the molecule is CN=C(NCc1ccc2c(c1)OCO2)NCC(c1ccco1)N1CCCC1.I. The van der Waals surface area contributed by atoms with Gasteiger partial charge in [-0.15, -0.1) is 24.0 Å². The molecular weight excluding hydrogens is 471 g/mol. The zero-order valence-electron chi connectivity index (χ0n) is 16.0. The van der Waals surface area contributed by atoms with Gasteiger partial charge in [-0.25, -0.2) is 0 Å². The minimum absolute atomic E-state index is 0. The number of benzene rings is 1. The number of fused-ring (bicyclic) bond motifs is 1. The molecule has 1 fully saturated rings. The maximum atomic E-state index is 5.68. The van der Waals surface area contributed by atoms with Crippen molar-refractivity contribution in [2.45, 2.75) is 25.4 Å². The van der Waals surface area contributed by atoms with E-state index in [2.05, 4.69) is 20.5 Å². The van der Waals surface area contributed by atoms with E-state index in [0.29, 0.717) is 13.3 Å². The van der Waals surface area contributed by atoms with Crippen LogP contribution in [0, 0.1) is 0 Å². The van der Waals surface area contributed by atoms with Crippen LogP contribution in [0.1, 0.15) is 30.2 Å². The molecule has 3 heterocycles. The number of nitrogens with one attached hydrogen (secondary N) is 2. The molecule has 2 aromatic rings. The normalized spacial score (nSPS) is 17.2. The molecule has 0 aliphatic carbocycles. The molecule has 1 aromatic carbocycles. The standard InChI is InChI=1S/C20H26N4O3.HI/c1-21-20(22-12-15-6-7-18-19(11-15)27-14-26-18)23-13-16(17-5-4-10-25-17)24-8-2-3-9-24;/h4-7,10-11,16H,2-3,8-9,12-14H2,1H3,(H2,21,22,23);1H. The van der Waals surface area contributed by atoms with Crippen LogP contribution in [0.5, 0.6) is 11.5 Å². The molecule has 4 rings (SSSR count). The molecule has 0 bridgehead atoms. The van der Waals surface area contributed by atoms with Crippen molar-refractivity contribution in [3.63, 3.8) is 0 Å². The lowest BCUT2D eigenvalue weighted by atomic mass is 10.2. The molecule has 1 unspecified atom stereocenters. The number of nitrogens with zero attached hydrogens (tertiary/aromatic N) is 2. The third-order valence-corrected chi connectivity index (χ3v) is 5.04. The molecule has 0 amide bonds. The second-order valence-electron chi connectivity index (χ2n) is 6.77. The lowest BCUT2D eigenvalue weighted by molar-refractivity contribution is 0.174. The van der Waals surface area contributed by atoms with Gasteiger partial charge in [-0.3, -0.25) is 9.89 Å². The average molecular weight is 498 g/mol. The van der Waals surface area contributed by atoms with E-state index in [-0.39, 0.29) is 30.0 Å². The van der Waals surface area contributed by atoms with Crippen LogP contribution in [0.4, 0.5) is 0 Å². The first-order valence-corrected chi connectivity index (χ1v) is 9.44. The maximum Gasteiger partial charge on any atom is 0.231 e. The Hall–Kier alpha value is -1.94. The summed E-state index contributed by atoms with van der Waals surface area (Å²) in [5.74, 6) is 3.36. The Labute approximate surface area is 182 Å². The summed E-state index contributed by atoms with van der Waals surface area (Å²) < 4.78 is 16.5. The van der Waals surface area contributed by atoms with Crippen LogP contribution in [0.15, 0.2) is 46.0 Å². The zero-order chi connectivity index (χ0) is 18.5. The lowest BCUT2D eigenvalue weighted by Crippen LogP contribution is -2.42. The molecule has 2 aliphatic heterocycles. The van der Waals surface area contributed by atoms with E-state index in [1.807, 2.05) is 30.3 Å². The molecule has 1 aromatic heterocycles. The Bertz CT molecular complexity index is 776. The van der Waals surface area contributed by atoms with E-state index in [0.717, 1.165) is 48.4 Å². The minimum atomic E-state index is 0. The molecule has 0 saturated carbocycles. The Morgan fingerprint density at radius 1 is 1.14 bits per heavy atom. The first-order valence-electron chi connectivity index (χ1n) is 9.44. The third-order valence-electron chi connectivity index (χ3n) is 5.04. The fourth-order valence-electron chi connectivity index (χ4n) is 3.59. The van der Waals surface area contributed by atoms with Crippen molar-refractivity contribution in [3.8, 4) is 11.5 Å². The highest BCUT2D eigenvalue weighted by atomic mass is 127. The van der Waals surface area contributed by atoms with Crippen LogP contribution in [-0.2, 0) is 6.54 Å². The summed E-state index contributed by atoms with van der Waals surface area (Å²) in [6.07, 6.45) is 4.23. The number of likely N-dealkylation sites (tertiary alicyclic amines) is 1. The van der Waals surface area contributed by atoms with Gasteiger partial charge >= 0.3 is 0 Å². The molecule has 1 saturated heterocycles. The van der Waals surface area contributed by atoms with Crippen LogP contribution in [0.2, 0.25) is 0 Å². The van der Waals surface area contributed by atoms with E-state index < -0.39 is 0 Å². The molecule has 2 N–H and O–H groups in total. The van der Waals surface area contributed by atoms with Gasteiger partial charge in [0.15, 0.2) is 17.5 Å². The highest BCUT2D eigenvalue weighted by Gasteiger charge is 2.25. The topological polar surface area (TPSA) is 71.3 Å². The van der Waals surface area contributed by atoms with Gasteiger partial charge in [-0.2, -0.15) is 0 Å². The van der Waals surface area contributed by atoms with Gasteiger partial charge in [0.25, 0.3) is 0 Å². The van der Waals surface area contributed by atoms with Crippen molar-refractivity contribution in [3.05, 3.63) is 47.9 Å². The Morgan fingerprint density at radius 2 is 1.96 bits per heavy atom. The van der Waals surface area contributed by atoms with Gasteiger partial charge in [0, 0.05) is 20.1 Å². The predicted octanol–water partition coefficient (Wildman–Crippen LogP) is 3.13. The fraction of sp³-hybridized carbons (Fsp3) is 0.450. The van der Waals surface area contributed by atoms with E-state index in [1.165, 1.54) is 12.8 Å². The largest absolute Gasteiger partial charge is 0.468 e. The van der Waals surface area contributed by atoms with Crippen LogP contribution >= 0.6 is 24.0 Å². The van der Waals surface area contributed by atoms with Crippen molar-refractivity contribution in [1.82, 2.24) is 15.5 Å². The summed E-state index contributed by atoms with van der Waals surface area (Å²) in [5, 5.41) is 6.80. The van der Waals surface area contributed by atoms with E-state index >= 15 is 0 Å². The van der Waals surface area contributed by atoms with Gasteiger partial charge in [-0.05, 0) is 55.8 Å². The fourth-order valence-corrected chi connectivity index (χ4v) is 3.59. The van der Waals surface area contributed by atoms with Gasteiger partial charge in [0.05, 0.1) is 12.3 Å². The number of hydrogen-bond donors (Lipinski definition) is 2. The van der Waals surface area contributed by atoms with Crippen LogP contribution in [0.3, 0.4) is 0 Å². The Morgan fingerprint density at radius 3 is 2.71 bits per heavy atom. The van der Waals surface area contributed by atoms with Crippen molar-refractivity contribution in [2.75, 3.05) is 33.5 Å². The number of hydrogen-bond acceptors (Lipinski definition) is 5. The van der Waals surface area contributed by atoms with Crippen LogP contribution in [-0.4, -0.2) is 44.3 Å². The van der Waals surface area contributed by atoms with Gasteiger partial charge in [0.1, 0.15) is 5.76 Å². The second-order valence-corrected chi connectivity index (χ2v) is 6.77. The van der Waals surface area contributed by atoms with Crippen molar-refractivity contribution in [2.24, 2.45) is 4.99 Å². The second kappa shape index (κ2) is 10.0. The van der Waals surface area contributed by atoms with Crippen LogP contribution in [0.25, 0.3) is 0 Å². The predicted molar refractivity (Wildman–Crippen MR) is 118 cm³/mol. The molecular formula is C20H27IN4O3. The molecule has 152 valence electrons. The van der Waals surface area contributed by atoms with Crippen molar-refractivity contribution < 1.29 is 13.9 Å². The summed E-state index contributed by atoms with van der Waals surface area (Å²) in [4.78, 5) is 6.81. The van der Waals surface area contributed by atoms with E-state index in [1.54, 1.807) is 13.3 Å². The van der Waals surface area contributed by atoms with E-state index in [9.17, 15) is 0 Å². The first-order chi connectivity index (χ1) is 13.3. The average Bonchev–Trinajstić information content (AvgIpc) is 3.47. The van der Waals surface area contributed by atoms with Crippen molar-refractivity contribution in [1.29, 1.82) is 0 Å². The zero-order valence-corrected chi connectivity index (χ0v) is 18.3. The smallest absolute Gasteiger partial charge is 0.231 e. The number of halogens is 1. The maximum absolute atomic E-state index is 5.68. The molecule has 2 aliphatic rings. The van der Waals surface area contributed by atoms with Crippen molar-refractivity contribution >= 4 is 29.9 Å². The van der Waals surface area contributed by atoms with Gasteiger partial charge < -0.3 is 24.5 Å². The number of rotatable bonds is 6. The number of furan rings is 1. The lowest BCUT2D eigenvalue weighted by Gasteiger charge is -2.26. The number of aliphatic imine (C=N–C) groups is 1. The van der Waals surface area contributed by atoms with E-state index in [4.69, 9.17) is 13.9 Å². The molecule has 8 heteroatoms. The number of ether oxygens (including phenoxy) is 2. The number of guanidine groups is 1. The molecule has 0 radical (unpaired) electrons. The monoisotopic (exact) mass is 498 g/mol. The first kappa shape index (κ1) is 20.8. The molecule has 1 atom stereocenters. The Kier molecular flexibility index (Phi) is 7.43. The van der Waals surface area contributed by atoms with Crippen LogP contribution < -0.4 is 20.1 Å².